The molecule has 2 N–H and O–H groups in total. The Morgan fingerprint density at radius 1 is 1.33 bits per heavy atom. The van der Waals surface area contributed by atoms with E-state index in [-0.39, 0.29) is 17.4 Å². The molecule has 0 bridgehead atoms. The van der Waals surface area contributed by atoms with Crippen molar-refractivity contribution < 1.29 is 19.1 Å². The van der Waals surface area contributed by atoms with Gasteiger partial charge in [0.05, 0.1) is 0 Å². The van der Waals surface area contributed by atoms with Crippen molar-refractivity contribution in [2.75, 3.05) is 6.54 Å². The summed E-state index contributed by atoms with van der Waals surface area (Å²) in [5, 5.41) is 2.79. The van der Waals surface area contributed by atoms with Crippen LogP contribution < -0.4 is 5.32 Å². The normalized spacial score (nSPS) is 15.3. The first kappa shape index (κ1) is 18.0. The summed E-state index contributed by atoms with van der Waals surface area (Å²) < 4.78 is 5.13. The van der Waals surface area contributed by atoms with Gasteiger partial charge in [0.25, 0.3) is 5.91 Å². The van der Waals surface area contributed by atoms with Gasteiger partial charge in [0, 0.05) is 18.3 Å². The molecule has 1 atom stereocenters. The molecule has 0 fully saturated rings. The summed E-state index contributed by atoms with van der Waals surface area (Å²) in [6.45, 7) is 3.49. The minimum absolute atomic E-state index is 0.145. The molecule has 6 heteroatoms. The average Bonchev–Trinajstić information content (AvgIpc) is 3.06. The second kappa shape index (κ2) is 8.47. The molecule has 0 saturated carbocycles. The summed E-state index contributed by atoms with van der Waals surface area (Å²) in [5.74, 6) is -1.12. The highest BCUT2D eigenvalue weighted by Crippen LogP contribution is 2.19. The fourth-order valence-electron chi connectivity index (χ4n) is 2.61. The van der Waals surface area contributed by atoms with Crippen LogP contribution in [0, 0.1) is 0 Å². The molecule has 0 aromatic carbocycles. The highest BCUT2D eigenvalue weighted by atomic mass is 16.5. The van der Waals surface area contributed by atoms with Crippen molar-refractivity contribution in [3.63, 3.8) is 0 Å². The number of carbonyl (C=O) groups excluding carboxylic acids is 3. The van der Waals surface area contributed by atoms with Crippen molar-refractivity contribution >= 4 is 17.7 Å². The zero-order chi connectivity index (χ0) is 17.5. The van der Waals surface area contributed by atoms with E-state index in [4.69, 9.17) is 4.74 Å². The quantitative estimate of drug-likeness (QED) is 0.456. The third kappa shape index (κ3) is 5.08. The van der Waals surface area contributed by atoms with Gasteiger partial charge in [-0.2, -0.15) is 0 Å². The van der Waals surface area contributed by atoms with Crippen LogP contribution in [0.25, 0.3) is 0 Å². The Morgan fingerprint density at radius 3 is 2.75 bits per heavy atom. The van der Waals surface area contributed by atoms with E-state index >= 15 is 0 Å². The van der Waals surface area contributed by atoms with Crippen LogP contribution >= 0.6 is 0 Å². The molecule has 130 valence electrons. The molecule has 1 amide bonds. The molecule has 2 rings (SSSR count). The third-order valence-corrected chi connectivity index (χ3v) is 4.09. The summed E-state index contributed by atoms with van der Waals surface area (Å²) in [5.41, 5.74) is 1.95. The summed E-state index contributed by atoms with van der Waals surface area (Å²) in [4.78, 5) is 37.9. The van der Waals surface area contributed by atoms with E-state index in [9.17, 15) is 14.4 Å². The minimum atomic E-state index is -0.887. The molecule has 0 spiro atoms. The van der Waals surface area contributed by atoms with Gasteiger partial charge in [-0.05, 0) is 52.0 Å². The first-order valence-corrected chi connectivity index (χ1v) is 8.33. The van der Waals surface area contributed by atoms with E-state index in [1.807, 2.05) is 0 Å². The predicted molar refractivity (Wildman–Crippen MR) is 89.9 cm³/mol. The number of aromatic nitrogens is 1. The van der Waals surface area contributed by atoms with E-state index in [0.29, 0.717) is 12.1 Å². The molecule has 0 radical (unpaired) electrons. The Bertz CT molecular complexity index is 645. The molecule has 0 saturated heterocycles. The molecular weight excluding hydrogens is 308 g/mol. The summed E-state index contributed by atoms with van der Waals surface area (Å²) >= 11 is 0. The lowest BCUT2D eigenvalue weighted by Crippen LogP contribution is -2.36. The van der Waals surface area contributed by atoms with E-state index in [1.54, 1.807) is 0 Å². The number of hydrogen-bond acceptors (Lipinski definition) is 4. The first-order valence-electron chi connectivity index (χ1n) is 8.33. The number of carbonyl (C=O) groups is 3. The van der Waals surface area contributed by atoms with Crippen molar-refractivity contribution in [3.8, 4) is 0 Å². The topological polar surface area (TPSA) is 88.3 Å². The third-order valence-electron chi connectivity index (χ3n) is 4.09. The van der Waals surface area contributed by atoms with E-state index in [0.717, 1.165) is 19.3 Å². The van der Waals surface area contributed by atoms with Crippen LogP contribution in [0.3, 0.4) is 0 Å². The standard InChI is InChI=1S/C18H24N2O4/c1-12(21)15-10-16(20-11-15)18(23)24-13(2)17(22)19-9-8-14-6-4-3-5-7-14/h6,10-11,13,20H,3-5,7-9H2,1-2H3,(H,19,22)/t13-/m0/s1. The number of H-pyrrole nitrogens is 1. The lowest BCUT2D eigenvalue weighted by molar-refractivity contribution is -0.129. The summed E-state index contributed by atoms with van der Waals surface area (Å²) in [6, 6.07) is 1.42. The number of rotatable bonds is 7. The van der Waals surface area contributed by atoms with Crippen molar-refractivity contribution in [1.82, 2.24) is 10.3 Å². The van der Waals surface area contributed by atoms with Gasteiger partial charge in [-0.25, -0.2) is 4.79 Å². The smallest absolute Gasteiger partial charge is 0.355 e. The van der Waals surface area contributed by atoms with Crippen molar-refractivity contribution in [1.29, 1.82) is 0 Å². The van der Waals surface area contributed by atoms with Gasteiger partial charge < -0.3 is 15.0 Å². The molecule has 0 aliphatic heterocycles. The van der Waals surface area contributed by atoms with Crippen LogP contribution in [0.1, 0.15) is 66.8 Å². The largest absolute Gasteiger partial charge is 0.448 e. The maximum absolute atomic E-state index is 12.0. The molecule has 1 heterocycles. The molecule has 24 heavy (non-hydrogen) atoms. The van der Waals surface area contributed by atoms with E-state index in [1.165, 1.54) is 44.5 Å². The molecule has 6 nitrogen and oxygen atoms in total. The van der Waals surface area contributed by atoms with Gasteiger partial charge in [0.15, 0.2) is 11.9 Å². The predicted octanol–water partition coefficient (Wildman–Crippen LogP) is 2.77. The number of Topliss-reactive ketones (excluding diaryl/α,β-unsaturated/α-hetero) is 1. The van der Waals surface area contributed by atoms with E-state index < -0.39 is 12.1 Å². The second-order valence-corrected chi connectivity index (χ2v) is 6.05. The molecule has 1 aliphatic rings. The van der Waals surface area contributed by atoms with Crippen molar-refractivity contribution in [2.45, 2.75) is 52.1 Å². The van der Waals surface area contributed by atoms with Crippen LogP contribution in [-0.4, -0.2) is 35.3 Å². The molecular formula is C18H24N2O4. The SMILES string of the molecule is CC(=O)c1c[nH]c(C(=O)O[C@@H](C)C(=O)NCCC2=CCCCC2)c1. The number of amides is 1. The second-order valence-electron chi connectivity index (χ2n) is 6.05. The maximum Gasteiger partial charge on any atom is 0.355 e. The number of allylic oxidation sites excluding steroid dienone is 1. The fourth-order valence-corrected chi connectivity index (χ4v) is 2.61. The van der Waals surface area contributed by atoms with Gasteiger partial charge in [-0.3, -0.25) is 9.59 Å². The van der Waals surface area contributed by atoms with Crippen molar-refractivity contribution in [2.24, 2.45) is 0 Å². The first-order chi connectivity index (χ1) is 11.5. The Labute approximate surface area is 141 Å². The van der Waals surface area contributed by atoms with Crippen LogP contribution in [0.15, 0.2) is 23.9 Å². The number of ether oxygens (including phenoxy) is 1. The number of hydrogen-bond donors (Lipinski definition) is 2. The molecule has 1 aromatic rings. The highest BCUT2D eigenvalue weighted by Gasteiger charge is 2.20. The fraction of sp³-hybridized carbons (Fsp3) is 0.500. The van der Waals surface area contributed by atoms with Crippen LogP contribution in [0.5, 0.6) is 0 Å². The highest BCUT2D eigenvalue weighted by molar-refractivity contribution is 5.98. The Morgan fingerprint density at radius 2 is 2.12 bits per heavy atom. The van der Waals surface area contributed by atoms with Gasteiger partial charge in [0.1, 0.15) is 5.69 Å². The summed E-state index contributed by atoms with van der Waals surface area (Å²) in [7, 11) is 0. The van der Waals surface area contributed by atoms with Gasteiger partial charge in [-0.15, -0.1) is 0 Å². The average molecular weight is 332 g/mol. The van der Waals surface area contributed by atoms with Crippen LogP contribution in [0.2, 0.25) is 0 Å². The maximum atomic E-state index is 12.0. The number of nitrogens with one attached hydrogen (secondary N) is 2. The Balaban J connectivity index is 1.76. The molecule has 0 unspecified atom stereocenters. The lowest BCUT2D eigenvalue weighted by Gasteiger charge is -2.15. The number of aromatic amines is 1. The Hall–Kier alpha value is -2.37. The number of esters is 1. The molecule has 1 aliphatic carbocycles. The van der Waals surface area contributed by atoms with Gasteiger partial charge in [-0.1, -0.05) is 11.6 Å². The van der Waals surface area contributed by atoms with Gasteiger partial charge in [0.2, 0.25) is 0 Å². The van der Waals surface area contributed by atoms with Crippen LogP contribution in [0.4, 0.5) is 0 Å². The lowest BCUT2D eigenvalue weighted by atomic mass is 9.97. The summed E-state index contributed by atoms with van der Waals surface area (Å²) in [6.07, 6.45) is 8.33. The zero-order valence-corrected chi connectivity index (χ0v) is 14.2. The monoisotopic (exact) mass is 332 g/mol. The van der Waals surface area contributed by atoms with E-state index in [2.05, 4.69) is 16.4 Å². The molecule has 1 aromatic heterocycles. The number of ketones is 1. The zero-order valence-electron chi connectivity index (χ0n) is 14.2. The van der Waals surface area contributed by atoms with Gasteiger partial charge >= 0.3 is 5.97 Å². The van der Waals surface area contributed by atoms with Crippen LogP contribution in [-0.2, 0) is 9.53 Å². The van der Waals surface area contributed by atoms with Crippen molar-refractivity contribution in [3.05, 3.63) is 35.2 Å². The minimum Gasteiger partial charge on any atom is -0.448 e. The Kier molecular flexibility index (Phi) is 6.35.